The molecule has 0 aromatic carbocycles. The van der Waals surface area contributed by atoms with Gasteiger partial charge in [0.2, 0.25) is 0 Å². The molecule has 0 aliphatic heterocycles. The minimum absolute atomic E-state index is 0.129. The number of allylic oxidation sites excluding steroid dienone is 3. The fraction of sp³-hybridized carbons (Fsp3) is 0.643. The van der Waals surface area contributed by atoms with Gasteiger partial charge in [0.25, 0.3) is 0 Å². The third kappa shape index (κ3) is 7.75. The largest absolute Gasteiger partial charge is 0.478 e. The van der Waals surface area contributed by atoms with Gasteiger partial charge in [0.15, 0.2) is 0 Å². The monoisotopic (exact) mass is 240 g/mol. The van der Waals surface area contributed by atoms with Crippen molar-refractivity contribution in [3.05, 3.63) is 22.8 Å². The zero-order chi connectivity index (χ0) is 13.3. The third-order valence-corrected chi connectivity index (χ3v) is 2.68. The van der Waals surface area contributed by atoms with E-state index in [4.69, 9.17) is 10.2 Å². The molecule has 0 atom stereocenters. The van der Waals surface area contributed by atoms with Gasteiger partial charge in [-0.05, 0) is 52.9 Å². The molecule has 0 bridgehead atoms. The van der Waals surface area contributed by atoms with Gasteiger partial charge >= 0.3 is 5.97 Å². The Bertz CT molecular complexity index is 297. The molecule has 0 aliphatic rings. The van der Waals surface area contributed by atoms with Crippen LogP contribution in [0, 0.1) is 0 Å². The van der Waals surface area contributed by atoms with E-state index in [9.17, 15) is 4.79 Å². The van der Waals surface area contributed by atoms with Crippen LogP contribution in [-0.4, -0.2) is 22.8 Å². The van der Waals surface area contributed by atoms with Crippen LogP contribution in [0.5, 0.6) is 0 Å². The van der Waals surface area contributed by atoms with E-state index in [-0.39, 0.29) is 6.61 Å². The maximum absolute atomic E-state index is 11.1. The smallest absolute Gasteiger partial charge is 0.331 e. The molecule has 0 fully saturated rings. The number of carboxylic acid groups (broad SMARTS) is 1. The summed E-state index contributed by atoms with van der Waals surface area (Å²) in [5.41, 5.74) is 2.73. The molecule has 3 nitrogen and oxygen atoms in total. The Morgan fingerprint density at radius 2 is 1.76 bits per heavy atom. The van der Waals surface area contributed by atoms with Gasteiger partial charge in [0.05, 0.1) is 0 Å². The molecule has 0 amide bonds. The van der Waals surface area contributed by atoms with Crippen LogP contribution in [0.25, 0.3) is 0 Å². The average molecular weight is 240 g/mol. The summed E-state index contributed by atoms with van der Waals surface area (Å²) in [6, 6.07) is 0. The second-order valence-corrected chi connectivity index (χ2v) is 4.56. The predicted molar refractivity (Wildman–Crippen MR) is 69.9 cm³/mol. The molecule has 0 saturated carbocycles. The molecule has 0 spiro atoms. The van der Waals surface area contributed by atoms with Gasteiger partial charge in [-0.2, -0.15) is 0 Å². The van der Waals surface area contributed by atoms with Gasteiger partial charge in [0, 0.05) is 12.2 Å². The molecule has 0 heterocycles. The van der Waals surface area contributed by atoms with Gasteiger partial charge in [-0.25, -0.2) is 4.79 Å². The first-order valence-corrected chi connectivity index (χ1v) is 6.15. The summed E-state index contributed by atoms with van der Waals surface area (Å²) in [5, 5.41) is 17.8. The van der Waals surface area contributed by atoms with Crippen molar-refractivity contribution < 1.29 is 15.0 Å². The van der Waals surface area contributed by atoms with Crippen molar-refractivity contribution in [3.8, 4) is 0 Å². The molecule has 0 aromatic heterocycles. The summed E-state index contributed by atoms with van der Waals surface area (Å²) in [5.74, 6) is -0.822. The van der Waals surface area contributed by atoms with E-state index in [1.165, 1.54) is 5.57 Å². The van der Waals surface area contributed by atoms with Crippen LogP contribution in [0.1, 0.15) is 52.9 Å². The Balaban J connectivity index is 4.41. The van der Waals surface area contributed by atoms with E-state index < -0.39 is 5.97 Å². The van der Waals surface area contributed by atoms with Crippen LogP contribution >= 0.6 is 0 Å². The number of carboxylic acids is 1. The van der Waals surface area contributed by atoms with Crippen molar-refractivity contribution in [1.82, 2.24) is 0 Å². The number of hydrogen-bond donors (Lipinski definition) is 2. The summed E-state index contributed by atoms with van der Waals surface area (Å²) in [4.78, 5) is 11.1. The van der Waals surface area contributed by atoms with Crippen molar-refractivity contribution in [3.63, 3.8) is 0 Å². The lowest BCUT2D eigenvalue weighted by atomic mass is 9.99. The molecule has 0 aromatic rings. The SMILES string of the molecule is CC(C)=CCCC(C)=C(CCCCO)C(=O)O. The Labute approximate surface area is 104 Å². The molecule has 0 rings (SSSR count). The van der Waals surface area contributed by atoms with Crippen molar-refractivity contribution in [2.45, 2.75) is 52.9 Å². The molecule has 0 aliphatic carbocycles. The Morgan fingerprint density at radius 3 is 2.24 bits per heavy atom. The standard InChI is InChI=1S/C14H24O3/c1-11(2)7-6-8-12(3)13(14(16)17)9-4-5-10-15/h7,15H,4-6,8-10H2,1-3H3,(H,16,17). The summed E-state index contributed by atoms with van der Waals surface area (Å²) >= 11 is 0. The van der Waals surface area contributed by atoms with E-state index >= 15 is 0 Å². The van der Waals surface area contributed by atoms with E-state index in [1.807, 2.05) is 20.8 Å². The van der Waals surface area contributed by atoms with Gasteiger partial charge in [0.1, 0.15) is 0 Å². The maximum Gasteiger partial charge on any atom is 0.331 e. The number of unbranched alkanes of at least 4 members (excludes halogenated alkanes) is 1. The number of carbonyl (C=O) groups is 1. The Hall–Kier alpha value is -1.09. The molecule has 2 N–H and O–H groups in total. The van der Waals surface area contributed by atoms with E-state index in [2.05, 4.69) is 6.08 Å². The first-order valence-electron chi connectivity index (χ1n) is 6.15. The lowest BCUT2D eigenvalue weighted by Crippen LogP contribution is -2.04. The van der Waals surface area contributed by atoms with Crippen LogP contribution < -0.4 is 0 Å². The lowest BCUT2D eigenvalue weighted by Gasteiger charge is -2.07. The number of aliphatic hydroxyl groups excluding tert-OH is 1. The van der Waals surface area contributed by atoms with Crippen molar-refractivity contribution in [2.75, 3.05) is 6.61 Å². The van der Waals surface area contributed by atoms with Crippen LogP contribution in [0.15, 0.2) is 22.8 Å². The van der Waals surface area contributed by atoms with Crippen molar-refractivity contribution in [2.24, 2.45) is 0 Å². The summed E-state index contributed by atoms with van der Waals surface area (Å²) in [6.45, 7) is 6.10. The first kappa shape index (κ1) is 15.9. The van der Waals surface area contributed by atoms with E-state index in [0.717, 1.165) is 24.8 Å². The molecular formula is C14H24O3. The zero-order valence-electron chi connectivity index (χ0n) is 11.1. The van der Waals surface area contributed by atoms with Gasteiger partial charge in [-0.15, -0.1) is 0 Å². The highest BCUT2D eigenvalue weighted by atomic mass is 16.4. The Morgan fingerprint density at radius 1 is 1.12 bits per heavy atom. The predicted octanol–water partition coefficient (Wildman–Crippen LogP) is 3.30. The molecule has 0 radical (unpaired) electrons. The van der Waals surface area contributed by atoms with Crippen LogP contribution in [0.2, 0.25) is 0 Å². The fourth-order valence-electron chi connectivity index (χ4n) is 1.64. The van der Waals surface area contributed by atoms with E-state index in [0.29, 0.717) is 18.4 Å². The molecule has 0 unspecified atom stereocenters. The van der Waals surface area contributed by atoms with Gasteiger partial charge < -0.3 is 10.2 Å². The van der Waals surface area contributed by atoms with Crippen LogP contribution in [0.4, 0.5) is 0 Å². The highest BCUT2D eigenvalue weighted by Gasteiger charge is 2.10. The normalized spacial score (nSPS) is 12.0. The zero-order valence-corrected chi connectivity index (χ0v) is 11.1. The number of aliphatic carboxylic acids is 1. The fourth-order valence-corrected chi connectivity index (χ4v) is 1.64. The second-order valence-electron chi connectivity index (χ2n) is 4.56. The first-order chi connectivity index (χ1) is 7.99. The lowest BCUT2D eigenvalue weighted by molar-refractivity contribution is -0.132. The molecular weight excluding hydrogens is 216 g/mol. The van der Waals surface area contributed by atoms with Gasteiger partial charge in [-0.1, -0.05) is 17.2 Å². The minimum Gasteiger partial charge on any atom is -0.478 e. The molecule has 17 heavy (non-hydrogen) atoms. The third-order valence-electron chi connectivity index (χ3n) is 2.68. The molecule has 3 heteroatoms. The molecule has 98 valence electrons. The average Bonchev–Trinajstić information content (AvgIpc) is 2.23. The van der Waals surface area contributed by atoms with E-state index in [1.54, 1.807) is 0 Å². The number of aliphatic hydroxyl groups is 1. The highest BCUT2D eigenvalue weighted by molar-refractivity contribution is 5.87. The van der Waals surface area contributed by atoms with Crippen molar-refractivity contribution in [1.29, 1.82) is 0 Å². The number of rotatable bonds is 8. The highest BCUT2D eigenvalue weighted by Crippen LogP contribution is 2.17. The molecule has 0 saturated heterocycles. The second kappa shape index (κ2) is 8.99. The van der Waals surface area contributed by atoms with Crippen molar-refractivity contribution >= 4 is 5.97 Å². The summed E-state index contributed by atoms with van der Waals surface area (Å²) < 4.78 is 0. The summed E-state index contributed by atoms with van der Waals surface area (Å²) in [6.07, 6.45) is 5.76. The number of hydrogen-bond acceptors (Lipinski definition) is 2. The maximum atomic E-state index is 11.1. The summed E-state index contributed by atoms with van der Waals surface area (Å²) in [7, 11) is 0. The van der Waals surface area contributed by atoms with Gasteiger partial charge in [-0.3, -0.25) is 0 Å². The Kier molecular flexibility index (Phi) is 8.42. The van der Waals surface area contributed by atoms with Crippen LogP contribution in [0.3, 0.4) is 0 Å². The minimum atomic E-state index is -0.822. The van der Waals surface area contributed by atoms with Crippen LogP contribution in [-0.2, 0) is 4.79 Å². The quantitative estimate of drug-likeness (QED) is 0.389. The topological polar surface area (TPSA) is 57.5 Å².